The highest BCUT2D eigenvalue weighted by Crippen LogP contribution is 2.28. The number of aromatic amines is 1. The first-order valence-electron chi connectivity index (χ1n) is 6.89. The SMILES string of the molecule is CCOC(=O)c1cnn2c(O)c(-c3ccc(F)cc3F)c(=O)[nH]c12. The number of aromatic hydroxyl groups is 1. The van der Waals surface area contributed by atoms with E-state index in [0.29, 0.717) is 6.07 Å². The summed E-state index contributed by atoms with van der Waals surface area (Å²) in [7, 11) is 0. The molecule has 3 aromatic rings. The van der Waals surface area contributed by atoms with Gasteiger partial charge in [0.25, 0.3) is 5.56 Å². The van der Waals surface area contributed by atoms with E-state index >= 15 is 0 Å². The third-order valence-corrected chi connectivity index (χ3v) is 3.35. The molecule has 2 heterocycles. The van der Waals surface area contributed by atoms with E-state index in [-0.39, 0.29) is 23.4 Å². The van der Waals surface area contributed by atoms with Gasteiger partial charge in [-0.05, 0) is 19.1 Å². The highest BCUT2D eigenvalue weighted by atomic mass is 19.1. The molecule has 0 aliphatic carbocycles. The number of hydrogen-bond donors (Lipinski definition) is 2. The maximum atomic E-state index is 13.9. The molecule has 7 nitrogen and oxygen atoms in total. The molecule has 0 saturated carbocycles. The van der Waals surface area contributed by atoms with Gasteiger partial charge in [0, 0.05) is 11.6 Å². The number of carbonyl (C=O) groups excluding carboxylic acids is 1. The monoisotopic (exact) mass is 335 g/mol. The van der Waals surface area contributed by atoms with Gasteiger partial charge < -0.3 is 14.8 Å². The largest absolute Gasteiger partial charge is 0.493 e. The van der Waals surface area contributed by atoms with E-state index in [1.54, 1.807) is 6.92 Å². The number of hydrogen-bond acceptors (Lipinski definition) is 5. The van der Waals surface area contributed by atoms with Crippen LogP contribution in [0.5, 0.6) is 5.88 Å². The molecule has 2 aromatic heterocycles. The van der Waals surface area contributed by atoms with E-state index in [9.17, 15) is 23.5 Å². The van der Waals surface area contributed by atoms with Crippen molar-refractivity contribution in [1.29, 1.82) is 0 Å². The van der Waals surface area contributed by atoms with Gasteiger partial charge in [0.15, 0.2) is 5.65 Å². The second-order valence-corrected chi connectivity index (χ2v) is 4.82. The van der Waals surface area contributed by atoms with Crippen molar-refractivity contribution < 1.29 is 23.4 Å². The third kappa shape index (κ3) is 2.39. The summed E-state index contributed by atoms with van der Waals surface area (Å²) in [5.74, 6) is -3.26. The molecule has 1 aromatic carbocycles. The van der Waals surface area contributed by atoms with Gasteiger partial charge in [-0.15, -0.1) is 0 Å². The molecule has 0 fully saturated rings. The number of fused-ring (bicyclic) bond motifs is 1. The topological polar surface area (TPSA) is 96.7 Å². The smallest absolute Gasteiger partial charge is 0.343 e. The summed E-state index contributed by atoms with van der Waals surface area (Å²) in [4.78, 5) is 26.4. The second kappa shape index (κ2) is 5.76. The summed E-state index contributed by atoms with van der Waals surface area (Å²) in [5, 5.41) is 14.1. The van der Waals surface area contributed by atoms with Crippen LogP contribution in [0, 0.1) is 11.6 Å². The van der Waals surface area contributed by atoms with Crippen LogP contribution in [0.25, 0.3) is 16.8 Å². The van der Waals surface area contributed by atoms with E-state index in [1.807, 2.05) is 0 Å². The molecule has 0 aliphatic rings. The van der Waals surface area contributed by atoms with Crippen molar-refractivity contribution in [3.8, 4) is 17.0 Å². The summed E-state index contributed by atoms with van der Waals surface area (Å²) in [6, 6.07) is 2.57. The van der Waals surface area contributed by atoms with Crippen molar-refractivity contribution in [2.75, 3.05) is 6.61 Å². The Morgan fingerprint density at radius 3 is 2.83 bits per heavy atom. The predicted octanol–water partition coefficient (Wildman–Crippen LogP) is 1.85. The van der Waals surface area contributed by atoms with Crippen LogP contribution >= 0.6 is 0 Å². The quantitative estimate of drug-likeness (QED) is 0.712. The van der Waals surface area contributed by atoms with E-state index in [1.165, 1.54) is 0 Å². The van der Waals surface area contributed by atoms with E-state index in [0.717, 1.165) is 22.8 Å². The first kappa shape index (κ1) is 15.7. The molecular weight excluding hydrogens is 324 g/mol. The van der Waals surface area contributed by atoms with Crippen LogP contribution in [0.4, 0.5) is 8.78 Å². The van der Waals surface area contributed by atoms with Gasteiger partial charge in [0.1, 0.15) is 22.8 Å². The number of aromatic nitrogens is 3. The Balaban J connectivity index is 2.26. The Morgan fingerprint density at radius 2 is 2.17 bits per heavy atom. The van der Waals surface area contributed by atoms with Gasteiger partial charge in [-0.3, -0.25) is 4.79 Å². The first-order valence-corrected chi connectivity index (χ1v) is 6.89. The zero-order chi connectivity index (χ0) is 17.4. The van der Waals surface area contributed by atoms with E-state index < -0.39 is 34.6 Å². The zero-order valence-corrected chi connectivity index (χ0v) is 12.3. The standard InChI is InChI=1S/C15H11F2N3O4/c1-2-24-15(23)9-6-18-20-12(9)19-13(21)11(14(20)22)8-4-3-7(16)5-10(8)17/h3-6,22H,2H2,1H3,(H,19,21). The molecule has 9 heteroatoms. The minimum atomic E-state index is -1.02. The van der Waals surface area contributed by atoms with Crippen LogP contribution in [0.1, 0.15) is 17.3 Å². The number of halogens is 2. The Morgan fingerprint density at radius 1 is 1.42 bits per heavy atom. The zero-order valence-electron chi connectivity index (χ0n) is 12.3. The van der Waals surface area contributed by atoms with Crippen LogP contribution in [-0.2, 0) is 4.74 Å². The lowest BCUT2D eigenvalue weighted by molar-refractivity contribution is 0.0528. The van der Waals surface area contributed by atoms with Gasteiger partial charge in [-0.1, -0.05) is 0 Å². The van der Waals surface area contributed by atoms with Gasteiger partial charge in [-0.2, -0.15) is 9.61 Å². The Hall–Kier alpha value is -3.23. The van der Waals surface area contributed by atoms with E-state index in [2.05, 4.69) is 10.1 Å². The normalized spacial score (nSPS) is 11.0. The van der Waals surface area contributed by atoms with Gasteiger partial charge in [0.2, 0.25) is 5.88 Å². The van der Waals surface area contributed by atoms with Crippen LogP contribution in [0.3, 0.4) is 0 Å². The first-order chi connectivity index (χ1) is 11.4. The van der Waals surface area contributed by atoms with Gasteiger partial charge in [-0.25, -0.2) is 13.6 Å². The average Bonchev–Trinajstić information content (AvgIpc) is 2.93. The average molecular weight is 335 g/mol. The third-order valence-electron chi connectivity index (χ3n) is 3.35. The Labute approximate surface area is 133 Å². The molecule has 0 amide bonds. The van der Waals surface area contributed by atoms with Crippen LogP contribution in [0.15, 0.2) is 29.2 Å². The highest BCUT2D eigenvalue weighted by molar-refractivity contribution is 5.96. The fourth-order valence-corrected chi connectivity index (χ4v) is 2.30. The molecule has 24 heavy (non-hydrogen) atoms. The number of benzene rings is 1. The summed E-state index contributed by atoms with van der Waals surface area (Å²) >= 11 is 0. The number of rotatable bonds is 3. The number of H-pyrrole nitrogens is 1. The molecule has 0 unspecified atom stereocenters. The molecule has 0 radical (unpaired) electrons. The van der Waals surface area contributed by atoms with E-state index in [4.69, 9.17) is 4.74 Å². The van der Waals surface area contributed by atoms with Gasteiger partial charge >= 0.3 is 5.97 Å². The molecule has 2 N–H and O–H groups in total. The van der Waals surface area contributed by atoms with Crippen molar-refractivity contribution in [3.05, 3.63) is 51.9 Å². The molecular formula is C15H11F2N3O4. The second-order valence-electron chi connectivity index (χ2n) is 4.82. The summed E-state index contributed by atoms with van der Waals surface area (Å²) in [6.07, 6.45) is 1.10. The molecule has 0 aliphatic heterocycles. The molecule has 124 valence electrons. The van der Waals surface area contributed by atoms with Crippen molar-refractivity contribution in [2.24, 2.45) is 0 Å². The van der Waals surface area contributed by atoms with Crippen molar-refractivity contribution in [2.45, 2.75) is 6.92 Å². The maximum Gasteiger partial charge on any atom is 0.343 e. The maximum absolute atomic E-state index is 13.9. The molecule has 0 saturated heterocycles. The number of ether oxygens (including phenoxy) is 1. The number of esters is 1. The minimum Gasteiger partial charge on any atom is -0.493 e. The highest BCUT2D eigenvalue weighted by Gasteiger charge is 2.22. The van der Waals surface area contributed by atoms with Crippen LogP contribution < -0.4 is 5.56 Å². The number of nitrogens with one attached hydrogen (secondary N) is 1. The number of nitrogens with zero attached hydrogens (tertiary/aromatic N) is 2. The fourth-order valence-electron chi connectivity index (χ4n) is 2.30. The lowest BCUT2D eigenvalue weighted by Crippen LogP contribution is -2.15. The van der Waals surface area contributed by atoms with Gasteiger partial charge in [0.05, 0.1) is 12.8 Å². The Kier molecular flexibility index (Phi) is 3.76. The predicted molar refractivity (Wildman–Crippen MR) is 78.8 cm³/mol. The molecule has 3 rings (SSSR count). The van der Waals surface area contributed by atoms with Crippen LogP contribution in [-0.4, -0.2) is 32.3 Å². The molecule has 0 atom stereocenters. The minimum absolute atomic E-state index is 0.0598. The molecule has 0 spiro atoms. The molecule has 0 bridgehead atoms. The summed E-state index contributed by atoms with van der Waals surface area (Å²) in [6.45, 7) is 1.73. The summed E-state index contributed by atoms with van der Waals surface area (Å²) < 4.78 is 32.6. The lowest BCUT2D eigenvalue weighted by atomic mass is 10.1. The number of carbonyl (C=O) groups is 1. The summed E-state index contributed by atoms with van der Waals surface area (Å²) in [5.41, 5.74) is -1.75. The van der Waals surface area contributed by atoms with Crippen molar-refractivity contribution >= 4 is 11.6 Å². The van der Waals surface area contributed by atoms with Crippen LogP contribution in [0.2, 0.25) is 0 Å². The van der Waals surface area contributed by atoms with Crippen molar-refractivity contribution in [3.63, 3.8) is 0 Å². The lowest BCUT2D eigenvalue weighted by Gasteiger charge is -2.07. The fraction of sp³-hybridized carbons (Fsp3) is 0.133. The Bertz CT molecular complexity index is 1010. The van der Waals surface area contributed by atoms with Crippen molar-refractivity contribution in [1.82, 2.24) is 14.6 Å².